The number of methoxy groups -OCH3 is 1. The molecule has 0 bridgehead atoms. The summed E-state index contributed by atoms with van der Waals surface area (Å²) in [6.07, 6.45) is 9.43. The first kappa shape index (κ1) is 21.2. The number of hydrogen-bond donors (Lipinski definition) is 2. The Labute approximate surface area is 176 Å². The Hall–Kier alpha value is -3.47. The SMILES string of the molecule is COc1cc2c(c(O)c1C(=O)C=Cc1ccc(O)cc1)C=CC(C)(CC=C(C)C)O2. The summed E-state index contributed by atoms with van der Waals surface area (Å²) in [5, 5.41) is 20.2. The zero-order valence-electron chi connectivity index (χ0n) is 17.6. The van der Waals surface area contributed by atoms with Gasteiger partial charge in [-0.25, -0.2) is 0 Å². The highest BCUT2D eigenvalue weighted by molar-refractivity contribution is 6.11. The van der Waals surface area contributed by atoms with Crippen LogP contribution in [-0.4, -0.2) is 28.7 Å². The first-order valence-electron chi connectivity index (χ1n) is 9.69. The summed E-state index contributed by atoms with van der Waals surface area (Å²) in [6, 6.07) is 8.09. The molecule has 5 nitrogen and oxygen atoms in total. The minimum absolute atomic E-state index is 0.0763. The van der Waals surface area contributed by atoms with E-state index in [1.54, 1.807) is 30.4 Å². The predicted molar refractivity (Wildman–Crippen MR) is 118 cm³/mol. The van der Waals surface area contributed by atoms with E-state index >= 15 is 0 Å². The average Bonchev–Trinajstić information content (AvgIpc) is 2.71. The Morgan fingerprint density at radius 2 is 1.90 bits per heavy atom. The first-order valence-corrected chi connectivity index (χ1v) is 9.69. The van der Waals surface area contributed by atoms with Crippen LogP contribution in [0.5, 0.6) is 23.0 Å². The molecule has 1 aliphatic heterocycles. The number of carbonyl (C=O) groups excluding carboxylic acids is 1. The van der Waals surface area contributed by atoms with Gasteiger partial charge in [-0.2, -0.15) is 0 Å². The van der Waals surface area contributed by atoms with Crippen molar-refractivity contribution in [3.05, 3.63) is 70.8 Å². The van der Waals surface area contributed by atoms with E-state index in [1.807, 2.05) is 26.8 Å². The molecule has 0 aliphatic carbocycles. The van der Waals surface area contributed by atoms with Crippen molar-refractivity contribution in [1.29, 1.82) is 0 Å². The van der Waals surface area contributed by atoms with Crippen LogP contribution >= 0.6 is 0 Å². The fourth-order valence-corrected chi connectivity index (χ4v) is 3.18. The minimum atomic E-state index is -0.550. The molecule has 1 aliphatic rings. The van der Waals surface area contributed by atoms with E-state index in [1.165, 1.54) is 30.9 Å². The third-order valence-corrected chi connectivity index (χ3v) is 4.91. The maximum absolute atomic E-state index is 12.8. The lowest BCUT2D eigenvalue weighted by atomic mass is 9.93. The molecule has 2 aromatic carbocycles. The fourth-order valence-electron chi connectivity index (χ4n) is 3.18. The highest BCUT2D eigenvalue weighted by Crippen LogP contribution is 2.44. The van der Waals surface area contributed by atoms with Crippen LogP contribution in [0.25, 0.3) is 12.2 Å². The number of phenolic OH excluding ortho intramolecular Hbond substituents is 2. The molecule has 0 radical (unpaired) electrons. The summed E-state index contributed by atoms with van der Waals surface area (Å²) >= 11 is 0. The van der Waals surface area contributed by atoms with E-state index in [0.717, 1.165) is 5.56 Å². The third kappa shape index (κ3) is 4.57. The first-order chi connectivity index (χ1) is 14.2. The van der Waals surface area contributed by atoms with E-state index < -0.39 is 11.4 Å². The van der Waals surface area contributed by atoms with Gasteiger partial charge >= 0.3 is 0 Å². The number of phenols is 2. The van der Waals surface area contributed by atoms with E-state index in [-0.39, 0.29) is 22.8 Å². The van der Waals surface area contributed by atoms with Crippen molar-refractivity contribution < 1.29 is 24.5 Å². The van der Waals surface area contributed by atoms with Gasteiger partial charge in [0.25, 0.3) is 0 Å². The summed E-state index contributed by atoms with van der Waals surface area (Å²) in [5.41, 5.74) is 1.92. The number of aromatic hydroxyl groups is 2. The number of allylic oxidation sites excluding steroid dienone is 2. The van der Waals surface area contributed by atoms with Crippen LogP contribution in [0.2, 0.25) is 0 Å². The lowest BCUT2D eigenvalue weighted by molar-refractivity contribution is 0.104. The molecule has 0 saturated carbocycles. The number of ketones is 1. The van der Waals surface area contributed by atoms with Gasteiger partial charge in [-0.1, -0.05) is 29.9 Å². The molecule has 0 spiro atoms. The molecule has 5 heteroatoms. The third-order valence-electron chi connectivity index (χ3n) is 4.91. The van der Waals surface area contributed by atoms with E-state index in [9.17, 15) is 15.0 Å². The second-order valence-corrected chi connectivity index (χ2v) is 7.74. The molecule has 0 amide bonds. The van der Waals surface area contributed by atoms with Crippen molar-refractivity contribution in [2.45, 2.75) is 32.8 Å². The highest BCUT2D eigenvalue weighted by atomic mass is 16.5. The number of ether oxygens (including phenoxy) is 2. The summed E-state index contributed by atoms with van der Waals surface area (Å²) in [5.74, 6) is 0.287. The lowest BCUT2D eigenvalue weighted by Gasteiger charge is -2.32. The molecular weight excluding hydrogens is 380 g/mol. The van der Waals surface area contributed by atoms with Crippen LogP contribution in [0.4, 0.5) is 0 Å². The Bertz CT molecular complexity index is 1040. The number of rotatable bonds is 6. The maximum Gasteiger partial charge on any atom is 0.193 e. The summed E-state index contributed by atoms with van der Waals surface area (Å²) in [7, 11) is 1.45. The van der Waals surface area contributed by atoms with Gasteiger partial charge in [-0.15, -0.1) is 0 Å². The number of fused-ring (bicyclic) bond motifs is 1. The van der Waals surface area contributed by atoms with Crippen LogP contribution in [0.1, 0.15) is 48.7 Å². The van der Waals surface area contributed by atoms with E-state index in [2.05, 4.69) is 6.08 Å². The Morgan fingerprint density at radius 3 is 2.53 bits per heavy atom. The lowest BCUT2D eigenvalue weighted by Crippen LogP contribution is -2.31. The van der Waals surface area contributed by atoms with Gasteiger partial charge in [-0.05, 0) is 56.7 Å². The van der Waals surface area contributed by atoms with Gasteiger partial charge in [0, 0.05) is 12.5 Å². The fraction of sp³-hybridized carbons (Fsp3) is 0.240. The maximum atomic E-state index is 12.8. The summed E-state index contributed by atoms with van der Waals surface area (Å²) in [6.45, 7) is 6.03. The summed E-state index contributed by atoms with van der Waals surface area (Å²) < 4.78 is 11.5. The zero-order valence-corrected chi connectivity index (χ0v) is 17.6. The van der Waals surface area contributed by atoms with Crippen LogP contribution in [0.15, 0.2) is 54.1 Å². The van der Waals surface area contributed by atoms with Crippen molar-refractivity contribution >= 4 is 17.9 Å². The van der Waals surface area contributed by atoms with Crippen molar-refractivity contribution in [2.24, 2.45) is 0 Å². The molecule has 2 N–H and O–H groups in total. The highest BCUT2D eigenvalue weighted by Gasteiger charge is 2.31. The van der Waals surface area contributed by atoms with Crippen LogP contribution < -0.4 is 9.47 Å². The minimum Gasteiger partial charge on any atom is -0.508 e. The molecule has 1 unspecified atom stereocenters. The van der Waals surface area contributed by atoms with Gasteiger partial charge in [0.1, 0.15) is 34.2 Å². The largest absolute Gasteiger partial charge is 0.508 e. The molecule has 2 aromatic rings. The van der Waals surface area contributed by atoms with Crippen LogP contribution in [0.3, 0.4) is 0 Å². The standard InChI is InChI=1S/C25H26O5/c1-16(2)11-13-25(3)14-12-19-21(30-25)15-22(29-4)23(24(19)28)20(27)10-7-17-5-8-18(26)9-6-17/h5-12,14-15,26,28H,13H2,1-4H3. The van der Waals surface area contributed by atoms with Crippen molar-refractivity contribution in [3.63, 3.8) is 0 Å². The number of hydrogen-bond acceptors (Lipinski definition) is 5. The molecule has 1 heterocycles. The van der Waals surface area contributed by atoms with E-state index in [0.29, 0.717) is 17.7 Å². The Balaban J connectivity index is 1.94. The second kappa shape index (κ2) is 8.49. The Morgan fingerprint density at radius 1 is 1.20 bits per heavy atom. The van der Waals surface area contributed by atoms with Crippen LogP contribution in [-0.2, 0) is 0 Å². The average molecular weight is 406 g/mol. The monoisotopic (exact) mass is 406 g/mol. The summed E-state index contributed by atoms with van der Waals surface area (Å²) in [4.78, 5) is 12.8. The Kier molecular flexibility index (Phi) is 6.01. The van der Waals surface area contributed by atoms with Gasteiger partial charge in [-0.3, -0.25) is 4.79 Å². The van der Waals surface area contributed by atoms with Crippen molar-refractivity contribution in [3.8, 4) is 23.0 Å². The van der Waals surface area contributed by atoms with Gasteiger partial charge in [0.15, 0.2) is 5.78 Å². The topological polar surface area (TPSA) is 76.0 Å². The molecular formula is C25H26O5. The number of benzene rings is 2. The molecule has 1 atom stereocenters. The molecule has 3 rings (SSSR count). The number of carbonyl (C=O) groups is 1. The smallest absolute Gasteiger partial charge is 0.193 e. The van der Waals surface area contributed by atoms with Gasteiger partial charge in [0.05, 0.1) is 12.7 Å². The molecule has 0 saturated heterocycles. The van der Waals surface area contributed by atoms with Crippen molar-refractivity contribution in [1.82, 2.24) is 0 Å². The quantitative estimate of drug-likeness (QED) is 0.375. The van der Waals surface area contributed by atoms with E-state index in [4.69, 9.17) is 9.47 Å². The van der Waals surface area contributed by atoms with Crippen LogP contribution in [0, 0.1) is 0 Å². The molecule has 0 aromatic heterocycles. The molecule has 30 heavy (non-hydrogen) atoms. The molecule has 156 valence electrons. The normalized spacial score (nSPS) is 17.3. The second-order valence-electron chi connectivity index (χ2n) is 7.74. The molecule has 0 fully saturated rings. The van der Waals surface area contributed by atoms with Gasteiger partial charge in [0.2, 0.25) is 0 Å². The zero-order chi connectivity index (χ0) is 21.9. The van der Waals surface area contributed by atoms with Crippen molar-refractivity contribution in [2.75, 3.05) is 7.11 Å². The predicted octanol–water partition coefficient (Wildman–Crippen LogP) is 5.52. The van der Waals surface area contributed by atoms with Gasteiger partial charge < -0.3 is 19.7 Å².